The molecular formula is C23H26ClN3O3S. The normalized spacial score (nSPS) is 19.0. The van der Waals surface area contributed by atoms with Gasteiger partial charge in [-0.15, -0.1) is 11.8 Å². The maximum absolute atomic E-state index is 12.8. The van der Waals surface area contributed by atoms with E-state index in [2.05, 4.69) is 22.3 Å². The van der Waals surface area contributed by atoms with E-state index in [1.165, 1.54) is 17.3 Å². The minimum Gasteiger partial charge on any atom is -0.497 e. The number of hydrogen-bond donors (Lipinski definition) is 1. The highest BCUT2D eigenvalue weighted by atomic mass is 35.5. The van der Waals surface area contributed by atoms with Crippen molar-refractivity contribution in [3.05, 3.63) is 53.1 Å². The summed E-state index contributed by atoms with van der Waals surface area (Å²) in [5.74, 6) is 0.777. The lowest BCUT2D eigenvalue weighted by atomic mass is 10.1. The van der Waals surface area contributed by atoms with Gasteiger partial charge in [0.2, 0.25) is 11.8 Å². The molecule has 2 amide bonds. The highest BCUT2D eigenvalue weighted by molar-refractivity contribution is 8.01. The van der Waals surface area contributed by atoms with Crippen molar-refractivity contribution in [3.63, 3.8) is 0 Å². The van der Waals surface area contributed by atoms with Crippen molar-refractivity contribution in [1.29, 1.82) is 0 Å². The van der Waals surface area contributed by atoms with E-state index >= 15 is 0 Å². The van der Waals surface area contributed by atoms with Crippen LogP contribution in [0.5, 0.6) is 5.75 Å². The van der Waals surface area contributed by atoms with Crippen LogP contribution in [0.1, 0.15) is 12.0 Å². The first-order valence-electron chi connectivity index (χ1n) is 10.4. The summed E-state index contributed by atoms with van der Waals surface area (Å²) in [5, 5.41) is 3.05. The van der Waals surface area contributed by atoms with Crippen molar-refractivity contribution in [3.8, 4) is 5.75 Å². The second-order valence-electron chi connectivity index (χ2n) is 7.76. The van der Waals surface area contributed by atoms with Crippen LogP contribution in [-0.4, -0.2) is 66.7 Å². The molecule has 0 aromatic heterocycles. The average Bonchev–Trinajstić information content (AvgIpc) is 2.79. The van der Waals surface area contributed by atoms with Crippen LogP contribution in [0.3, 0.4) is 0 Å². The first-order valence-corrected chi connectivity index (χ1v) is 11.7. The number of piperazine rings is 1. The molecule has 1 fully saturated rings. The Labute approximate surface area is 191 Å². The Kier molecular flexibility index (Phi) is 7.05. The van der Waals surface area contributed by atoms with Crippen LogP contribution in [0.4, 0.5) is 5.69 Å². The zero-order valence-electron chi connectivity index (χ0n) is 17.5. The SMILES string of the molecule is COc1ccc(CCN2CCN(C(=O)CC3Sc4ccc(Cl)cc4NC3=O)CC2)cc1. The Morgan fingerprint density at radius 1 is 1.16 bits per heavy atom. The highest BCUT2D eigenvalue weighted by Gasteiger charge is 2.31. The molecule has 1 atom stereocenters. The van der Waals surface area contributed by atoms with Crippen LogP contribution in [0, 0.1) is 0 Å². The highest BCUT2D eigenvalue weighted by Crippen LogP contribution is 2.38. The van der Waals surface area contributed by atoms with Gasteiger partial charge >= 0.3 is 0 Å². The van der Waals surface area contributed by atoms with E-state index < -0.39 is 5.25 Å². The third kappa shape index (κ3) is 5.53. The molecule has 31 heavy (non-hydrogen) atoms. The van der Waals surface area contributed by atoms with E-state index in [9.17, 15) is 9.59 Å². The molecule has 1 saturated heterocycles. The molecular weight excluding hydrogens is 434 g/mol. The Morgan fingerprint density at radius 3 is 2.61 bits per heavy atom. The number of ether oxygens (including phenoxy) is 1. The Balaban J connectivity index is 1.23. The van der Waals surface area contributed by atoms with Gasteiger partial charge in [0.1, 0.15) is 5.75 Å². The van der Waals surface area contributed by atoms with Gasteiger partial charge in [-0.05, 0) is 42.3 Å². The molecule has 4 rings (SSSR count). The number of rotatable bonds is 6. The molecule has 2 aliphatic rings. The number of nitrogens with one attached hydrogen (secondary N) is 1. The summed E-state index contributed by atoms with van der Waals surface area (Å²) in [7, 11) is 1.67. The van der Waals surface area contributed by atoms with E-state index in [-0.39, 0.29) is 18.2 Å². The van der Waals surface area contributed by atoms with Crippen molar-refractivity contribution in [2.24, 2.45) is 0 Å². The van der Waals surface area contributed by atoms with Gasteiger partial charge in [0.15, 0.2) is 0 Å². The summed E-state index contributed by atoms with van der Waals surface area (Å²) in [4.78, 5) is 30.5. The Bertz CT molecular complexity index is 946. The third-order valence-corrected chi connectivity index (χ3v) is 7.23. The van der Waals surface area contributed by atoms with Crippen LogP contribution in [0.25, 0.3) is 0 Å². The van der Waals surface area contributed by atoms with Crippen LogP contribution in [0.15, 0.2) is 47.4 Å². The fourth-order valence-electron chi connectivity index (χ4n) is 3.85. The largest absolute Gasteiger partial charge is 0.497 e. The van der Waals surface area contributed by atoms with Gasteiger partial charge in [0.05, 0.1) is 18.0 Å². The number of thioether (sulfide) groups is 1. The standard InChI is InChI=1S/C23H26ClN3O3S/c1-30-18-5-2-16(3-6-18)8-9-26-10-12-27(13-11-26)22(28)15-21-23(29)25-19-14-17(24)4-7-20(19)31-21/h2-7,14,21H,8-13,15H2,1H3,(H,25,29). The van der Waals surface area contributed by atoms with Gasteiger partial charge in [0.25, 0.3) is 0 Å². The summed E-state index contributed by atoms with van der Waals surface area (Å²) in [6.45, 7) is 4.08. The summed E-state index contributed by atoms with van der Waals surface area (Å²) in [6, 6.07) is 13.6. The molecule has 2 heterocycles. The van der Waals surface area contributed by atoms with E-state index in [4.69, 9.17) is 16.3 Å². The number of amides is 2. The lowest BCUT2D eigenvalue weighted by Gasteiger charge is -2.35. The molecule has 6 nitrogen and oxygen atoms in total. The second-order valence-corrected chi connectivity index (χ2v) is 9.44. The lowest BCUT2D eigenvalue weighted by molar-refractivity contribution is -0.134. The zero-order valence-corrected chi connectivity index (χ0v) is 19.0. The van der Waals surface area contributed by atoms with E-state index in [0.717, 1.165) is 42.4 Å². The van der Waals surface area contributed by atoms with Crippen molar-refractivity contribution >= 4 is 40.9 Å². The summed E-state index contributed by atoms with van der Waals surface area (Å²) >= 11 is 7.43. The molecule has 1 N–H and O–H groups in total. The Morgan fingerprint density at radius 2 is 1.90 bits per heavy atom. The number of carbonyl (C=O) groups is 2. The summed E-state index contributed by atoms with van der Waals surface area (Å²) in [5.41, 5.74) is 2.00. The van der Waals surface area contributed by atoms with Crippen molar-refractivity contribution in [2.75, 3.05) is 45.2 Å². The minimum atomic E-state index is -0.408. The second kappa shape index (κ2) is 9.94. The van der Waals surface area contributed by atoms with Gasteiger partial charge in [0, 0.05) is 49.1 Å². The summed E-state index contributed by atoms with van der Waals surface area (Å²) < 4.78 is 5.20. The van der Waals surface area contributed by atoms with Gasteiger partial charge in [-0.2, -0.15) is 0 Å². The van der Waals surface area contributed by atoms with E-state index in [1.54, 1.807) is 19.2 Å². The number of anilines is 1. The summed E-state index contributed by atoms with van der Waals surface area (Å²) in [6.07, 6.45) is 1.19. The first kappa shape index (κ1) is 22.0. The van der Waals surface area contributed by atoms with Gasteiger partial charge in [-0.1, -0.05) is 23.7 Å². The number of carbonyl (C=O) groups excluding carboxylic acids is 2. The minimum absolute atomic E-state index is 0.0415. The van der Waals surface area contributed by atoms with Crippen LogP contribution < -0.4 is 10.1 Å². The molecule has 164 valence electrons. The number of fused-ring (bicyclic) bond motifs is 1. The van der Waals surface area contributed by atoms with Crippen LogP contribution in [-0.2, 0) is 16.0 Å². The molecule has 0 saturated carbocycles. The molecule has 0 bridgehead atoms. The molecule has 0 radical (unpaired) electrons. The lowest BCUT2D eigenvalue weighted by Crippen LogP contribution is -2.50. The predicted octanol–water partition coefficient (Wildman–Crippen LogP) is 3.54. The fraction of sp³-hybridized carbons (Fsp3) is 0.391. The van der Waals surface area contributed by atoms with E-state index in [1.807, 2.05) is 23.1 Å². The number of benzene rings is 2. The first-order chi connectivity index (χ1) is 15.0. The fourth-order valence-corrected chi connectivity index (χ4v) is 5.10. The van der Waals surface area contributed by atoms with Gasteiger partial charge in [-0.25, -0.2) is 0 Å². The van der Waals surface area contributed by atoms with Crippen LogP contribution in [0.2, 0.25) is 5.02 Å². The molecule has 2 aromatic rings. The number of methoxy groups -OCH3 is 1. The van der Waals surface area contributed by atoms with Gasteiger partial charge < -0.3 is 15.0 Å². The monoisotopic (exact) mass is 459 g/mol. The molecule has 0 spiro atoms. The molecule has 1 unspecified atom stereocenters. The van der Waals surface area contributed by atoms with Crippen LogP contribution >= 0.6 is 23.4 Å². The number of halogens is 1. The zero-order chi connectivity index (χ0) is 21.8. The number of hydrogen-bond acceptors (Lipinski definition) is 5. The Hall–Kier alpha value is -2.22. The molecule has 0 aliphatic carbocycles. The number of nitrogens with zero attached hydrogens (tertiary/aromatic N) is 2. The maximum atomic E-state index is 12.8. The molecule has 2 aromatic carbocycles. The van der Waals surface area contributed by atoms with Crippen molar-refractivity contribution < 1.29 is 14.3 Å². The van der Waals surface area contributed by atoms with Crippen molar-refractivity contribution in [2.45, 2.75) is 23.0 Å². The predicted molar refractivity (Wildman–Crippen MR) is 124 cm³/mol. The topological polar surface area (TPSA) is 61.9 Å². The van der Waals surface area contributed by atoms with E-state index in [0.29, 0.717) is 18.1 Å². The molecule has 8 heteroatoms. The maximum Gasteiger partial charge on any atom is 0.238 e. The smallest absolute Gasteiger partial charge is 0.238 e. The molecule has 2 aliphatic heterocycles. The quantitative estimate of drug-likeness (QED) is 0.716. The average molecular weight is 460 g/mol. The third-order valence-electron chi connectivity index (χ3n) is 5.72. The van der Waals surface area contributed by atoms with Gasteiger partial charge in [-0.3, -0.25) is 14.5 Å². The van der Waals surface area contributed by atoms with Crippen molar-refractivity contribution in [1.82, 2.24) is 9.80 Å².